The van der Waals surface area contributed by atoms with E-state index in [1.807, 2.05) is 0 Å². The van der Waals surface area contributed by atoms with E-state index in [0.717, 1.165) is 12.8 Å². The van der Waals surface area contributed by atoms with Crippen molar-refractivity contribution >= 4 is 23.3 Å². The number of amides is 1. The third-order valence-corrected chi connectivity index (χ3v) is 3.15. The SMILES string of the molecule is CN(CC(=O)NC1CC1)CC(=O)c1cccc(Cl)c1. The molecule has 1 saturated carbocycles. The molecule has 0 heterocycles. The van der Waals surface area contributed by atoms with Gasteiger partial charge in [0.15, 0.2) is 5.78 Å². The Morgan fingerprint density at radius 1 is 1.37 bits per heavy atom. The quantitative estimate of drug-likeness (QED) is 0.808. The van der Waals surface area contributed by atoms with Gasteiger partial charge in [0.25, 0.3) is 0 Å². The number of likely N-dealkylation sites (N-methyl/N-ethyl adjacent to an activating group) is 1. The number of Topliss-reactive ketones (excluding diaryl/α,β-unsaturated/α-hetero) is 1. The van der Waals surface area contributed by atoms with Gasteiger partial charge in [-0.1, -0.05) is 23.7 Å². The molecule has 1 aromatic rings. The minimum Gasteiger partial charge on any atom is -0.352 e. The lowest BCUT2D eigenvalue weighted by atomic mass is 10.1. The first kappa shape index (κ1) is 14.0. The van der Waals surface area contributed by atoms with Crippen molar-refractivity contribution in [2.45, 2.75) is 18.9 Å². The lowest BCUT2D eigenvalue weighted by Gasteiger charge is -2.15. The third-order valence-electron chi connectivity index (χ3n) is 2.92. The summed E-state index contributed by atoms with van der Waals surface area (Å²) in [5.41, 5.74) is 0.571. The molecule has 4 nitrogen and oxygen atoms in total. The fourth-order valence-corrected chi connectivity index (χ4v) is 1.99. The van der Waals surface area contributed by atoms with Crippen molar-refractivity contribution in [3.63, 3.8) is 0 Å². The first-order valence-corrected chi connectivity index (χ1v) is 6.69. The first-order valence-electron chi connectivity index (χ1n) is 6.31. The summed E-state index contributed by atoms with van der Waals surface area (Å²) < 4.78 is 0. The van der Waals surface area contributed by atoms with E-state index in [9.17, 15) is 9.59 Å². The fourth-order valence-electron chi connectivity index (χ4n) is 1.80. The number of hydrogen-bond acceptors (Lipinski definition) is 3. The van der Waals surface area contributed by atoms with Crippen molar-refractivity contribution in [2.75, 3.05) is 20.1 Å². The van der Waals surface area contributed by atoms with E-state index < -0.39 is 0 Å². The number of nitrogens with zero attached hydrogens (tertiary/aromatic N) is 1. The molecule has 5 heteroatoms. The molecule has 1 aliphatic carbocycles. The van der Waals surface area contributed by atoms with Crippen LogP contribution < -0.4 is 5.32 Å². The normalized spacial score (nSPS) is 14.5. The molecule has 0 radical (unpaired) electrons. The summed E-state index contributed by atoms with van der Waals surface area (Å²) in [7, 11) is 1.76. The van der Waals surface area contributed by atoms with Crippen LogP contribution in [-0.4, -0.2) is 42.8 Å². The van der Waals surface area contributed by atoms with E-state index in [-0.39, 0.29) is 24.8 Å². The Labute approximate surface area is 117 Å². The summed E-state index contributed by atoms with van der Waals surface area (Å²) in [6, 6.07) is 7.19. The van der Waals surface area contributed by atoms with E-state index in [0.29, 0.717) is 16.6 Å². The second-order valence-electron chi connectivity index (χ2n) is 4.95. The summed E-state index contributed by atoms with van der Waals surface area (Å²) in [6.45, 7) is 0.446. The third kappa shape index (κ3) is 4.65. The van der Waals surface area contributed by atoms with Crippen molar-refractivity contribution in [1.29, 1.82) is 0 Å². The Balaban J connectivity index is 1.82. The van der Waals surface area contributed by atoms with Crippen LogP contribution >= 0.6 is 11.6 Å². The molecule has 19 heavy (non-hydrogen) atoms. The summed E-state index contributed by atoms with van der Waals surface area (Å²) in [6.07, 6.45) is 2.13. The molecule has 102 valence electrons. The molecule has 1 amide bonds. The molecular weight excluding hydrogens is 264 g/mol. The number of carbonyl (C=O) groups excluding carboxylic acids is 2. The smallest absolute Gasteiger partial charge is 0.234 e. The van der Waals surface area contributed by atoms with Gasteiger partial charge in [-0.15, -0.1) is 0 Å². The molecule has 0 atom stereocenters. The Hall–Kier alpha value is -1.39. The van der Waals surface area contributed by atoms with Crippen LogP contribution in [0.15, 0.2) is 24.3 Å². The molecule has 0 aromatic heterocycles. The highest BCUT2D eigenvalue weighted by Crippen LogP contribution is 2.18. The predicted molar refractivity (Wildman–Crippen MR) is 74.4 cm³/mol. The first-order chi connectivity index (χ1) is 9.04. The number of carbonyl (C=O) groups is 2. The van der Waals surface area contributed by atoms with E-state index >= 15 is 0 Å². The molecule has 1 aliphatic rings. The van der Waals surface area contributed by atoms with Gasteiger partial charge in [-0.2, -0.15) is 0 Å². The second kappa shape index (κ2) is 6.17. The van der Waals surface area contributed by atoms with Crippen LogP contribution in [0.4, 0.5) is 0 Å². The molecule has 0 unspecified atom stereocenters. The molecule has 0 aliphatic heterocycles. The van der Waals surface area contributed by atoms with Crippen molar-refractivity contribution in [3.8, 4) is 0 Å². The molecule has 0 saturated heterocycles. The molecule has 1 N–H and O–H groups in total. The number of rotatable bonds is 6. The second-order valence-corrected chi connectivity index (χ2v) is 5.38. The van der Waals surface area contributed by atoms with Crippen molar-refractivity contribution < 1.29 is 9.59 Å². The summed E-state index contributed by atoms with van der Waals surface area (Å²) in [5.74, 6) is -0.0619. The van der Waals surface area contributed by atoms with Gasteiger partial charge in [-0.3, -0.25) is 14.5 Å². The molecule has 2 rings (SSSR count). The standard InChI is InChI=1S/C14H17ClN2O2/c1-17(9-14(19)16-12-5-6-12)8-13(18)10-3-2-4-11(15)7-10/h2-4,7,12H,5-6,8-9H2,1H3,(H,16,19). The van der Waals surface area contributed by atoms with Gasteiger partial charge in [-0.25, -0.2) is 0 Å². The summed E-state index contributed by atoms with van der Waals surface area (Å²) in [5, 5.41) is 3.44. The molecule has 1 aromatic carbocycles. The van der Waals surface area contributed by atoms with E-state index in [1.54, 1.807) is 36.2 Å². The summed E-state index contributed by atoms with van der Waals surface area (Å²) >= 11 is 5.84. The molecule has 0 spiro atoms. The number of benzene rings is 1. The maximum atomic E-state index is 12.0. The zero-order valence-electron chi connectivity index (χ0n) is 10.9. The highest BCUT2D eigenvalue weighted by Gasteiger charge is 2.23. The lowest BCUT2D eigenvalue weighted by molar-refractivity contribution is -0.121. The van der Waals surface area contributed by atoms with Gasteiger partial charge in [0.1, 0.15) is 0 Å². The van der Waals surface area contributed by atoms with Crippen LogP contribution in [0.25, 0.3) is 0 Å². The van der Waals surface area contributed by atoms with E-state index in [2.05, 4.69) is 5.32 Å². The zero-order valence-corrected chi connectivity index (χ0v) is 11.6. The van der Waals surface area contributed by atoms with Gasteiger partial charge in [-0.05, 0) is 32.0 Å². The van der Waals surface area contributed by atoms with Gasteiger partial charge in [0.2, 0.25) is 5.91 Å². The minimum atomic E-state index is -0.0378. The van der Waals surface area contributed by atoms with Crippen molar-refractivity contribution in [2.24, 2.45) is 0 Å². The topological polar surface area (TPSA) is 49.4 Å². The average Bonchev–Trinajstić information content (AvgIpc) is 3.12. The lowest BCUT2D eigenvalue weighted by Crippen LogP contribution is -2.38. The Morgan fingerprint density at radius 3 is 2.74 bits per heavy atom. The molecule has 1 fully saturated rings. The van der Waals surface area contributed by atoms with Crippen LogP contribution in [-0.2, 0) is 4.79 Å². The van der Waals surface area contributed by atoms with Gasteiger partial charge >= 0.3 is 0 Å². The highest BCUT2D eigenvalue weighted by molar-refractivity contribution is 6.31. The van der Waals surface area contributed by atoms with Gasteiger partial charge < -0.3 is 5.32 Å². The van der Waals surface area contributed by atoms with Gasteiger partial charge in [0.05, 0.1) is 13.1 Å². The Kier molecular flexibility index (Phi) is 4.56. The Bertz CT molecular complexity index is 486. The number of ketones is 1. The molecule has 0 bridgehead atoms. The maximum absolute atomic E-state index is 12.0. The summed E-state index contributed by atoms with van der Waals surface area (Å²) in [4.78, 5) is 25.3. The predicted octanol–water partition coefficient (Wildman–Crippen LogP) is 1.73. The monoisotopic (exact) mass is 280 g/mol. The zero-order chi connectivity index (χ0) is 13.8. The van der Waals surface area contributed by atoms with Crippen molar-refractivity contribution in [3.05, 3.63) is 34.9 Å². The van der Waals surface area contributed by atoms with E-state index in [1.165, 1.54) is 0 Å². The Morgan fingerprint density at radius 2 is 2.11 bits per heavy atom. The van der Waals surface area contributed by atoms with Gasteiger partial charge in [0, 0.05) is 16.6 Å². The number of halogens is 1. The maximum Gasteiger partial charge on any atom is 0.234 e. The van der Waals surface area contributed by atoms with Crippen molar-refractivity contribution in [1.82, 2.24) is 10.2 Å². The van der Waals surface area contributed by atoms with Crippen LogP contribution in [0.1, 0.15) is 23.2 Å². The van der Waals surface area contributed by atoms with Crippen LogP contribution in [0, 0.1) is 0 Å². The minimum absolute atomic E-state index is 0.0242. The number of hydrogen-bond donors (Lipinski definition) is 1. The average molecular weight is 281 g/mol. The highest BCUT2D eigenvalue weighted by atomic mass is 35.5. The molecular formula is C14H17ClN2O2. The van der Waals surface area contributed by atoms with Crippen LogP contribution in [0.3, 0.4) is 0 Å². The van der Waals surface area contributed by atoms with Crippen LogP contribution in [0.2, 0.25) is 5.02 Å². The van der Waals surface area contributed by atoms with E-state index in [4.69, 9.17) is 11.6 Å². The fraction of sp³-hybridized carbons (Fsp3) is 0.429. The number of nitrogens with one attached hydrogen (secondary N) is 1. The van der Waals surface area contributed by atoms with Crippen LogP contribution in [0.5, 0.6) is 0 Å². The largest absolute Gasteiger partial charge is 0.352 e.